The first kappa shape index (κ1) is 13.0. The van der Waals surface area contributed by atoms with Crippen LogP contribution < -0.4 is 5.32 Å². The average molecular weight is 249 g/mol. The van der Waals surface area contributed by atoms with Gasteiger partial charge in [0, 0.05) is 22.2 Å². The number of benzene rings is 1. The quantitative estimate of drug-likeness (QED) is 0.844. The zero-order valence-electron chi connectivity index (χ0n) is 11.4. The number of hydrogen-bond donors (Lipinski definition) is 1. The van der Waals surface area contributed by atoms with Crippen molar-refractivity contribution in [2.45, 2.75) is 56.8 Å². The summed E-state index contributed by atoms with van der Waals surface area (Å²) in [4.78, 5) is 1.50. The Labute approximate surface area is 109 Å². The van der Waals surface area contributed by atoms with Gasteiger partial charge in [0.1, 0.15) is 0 Å². The molecule has 17 heavy (non-hydrogen) atoms. The molecule has 0 saturated heterocycles. The second kappa shape index (κ2) is 5.03. The van der Waals surface area contributed by atoms with Crippen molar-refractivity contribution < 1.29 is 0 Å². The van der Waals surface area contributed by atoms with Crippen LogP contribution in [0.3, 0.4) is 0 Å². The van der Waals surface area contributed by atoms with Crippen LogP contribution in [-0.4, -0.2) is 11.3 Å². The SMILES string of the molecule is Cc1cccc2c1SC(C)C(C)C2NC(C)C. The van der Waals surface area contributed by atoms with Gasteiger partial charge in [-0.3, -0.25) is 0 Å². The monoisotopic (exact) mass is 249 g/mol. The van der Waals surface area contributed by atoms with Crippen molar-refractivity contribution in [3.8, 4) is 0 Å². The van der Waals surface area contributed by atoms with E-state index in [0.717, 1.165) is 0 Å². The standard InChI is InChI=1S/C15H23NS/c1-9(2)16-14-11(4)12(5)17-15-10(3)7-6-8-13(14)15/h6-9,11-12,14,16H,1-5H3. The van der Waals surface area contributed by atoms with Gasteiger partial charge in [0.25, 0.3) is 0 Å². The van der Waals surface area contributed by atoms with Crippen LogP contribution in [0.2, 0.25) is 0 Å². The van der Waals surface area contributed by atoms with Crippen molar-refractivity contribution in [3.63, 3.8) is 0 Å². The van der Waals surface area contributed by atoms with E-state index in [1.807, 2.05) is 11.8 Å². The molecule has 1 aliphatic heterocycles. The molecule has 1 aromatic carbocycles. The average Bonchev–Trinajstić information content (AvgIpc) is 2.26. The molecule has 2 rings (SSSR count). The van der Waals surface area contributed by atoms with Crippen LogP contribution in [0.25, 0.3) is 0 Å². The molecular formula is C15H23NS. The summed E-state index contributed by atoms with van der Waals surface area (Å²) in [5.41, 5.74) is 2.91. The third-order valence-corrected chi connectivity index (χ3v) is 5.25. The van der Waals surface area contributed by atoms with Gasteiger partial charge in [0.05, 0.1) is 0 Å². The Balaban J connectivity index is 2.41. The van der Waals surface area contributed by atoms with Crippen LogP contribution in [0.15, 0.2) is 23.1 Å². The van der Waals surface area contributed by atoms with Crippen molar-refractivity contribution in [3.05, 3.63) is 29.3 Å². The Bertz CT molecular complexity index is 400. The minimum Gasteiger partial charge on any atom is -0.307 e. The molecular weight excluding hydrogens is 226 g/mol. The van der Waals surface area contributed by atoms with Gasteiger partial charge < -0.3 is 5.32 Å². The third kappa shape index (κ3) is 2.53. The summed E-state index contributed by atoms with van der Waals surface area (Å²) in [5, 5.41) is 4.41. The molecule has 0 bridgehead atoms. The third-order valence-electron chi connectivity index (χ3n) is 3.66. The molecule has 3 atom stereocenters. The van der Waals surface area contributed by atoms with E-state index in [2.05, 4.69) is 58.1 Å². The minimum atomic E-state index is 0.501. The Morgan fingerprint density at radius 3 is 2.59 bits per heavy atom. The number of hydrogen-bond acceptors (Lipinski definition) is 2. The van der Waals surface area contributed by atoms with Crippen LogP contribution in [0.5, 0.6) is 0 Å². The molecule has 0 fully saturated rings. The molecule has 1 nitrogen and oxygen atoms in total. The topological polar surface area (TPSA) is 12.0 Å². The smallest absolute Gasteiger partial charge is 0.0369 e. The molecule has 0 aliphatic carbocycles. The first-order valence-electron chi connectivity index (χ1n) is 6.53. The van der Waals surface area contributed by atoms with Gasteiger partial charge in [-0.1, -0.05) is 45.9 Å². The molecule has 0 saturated carbocycles. The number of thioether (sulfide) groups is 1. The fourth-order valence-corrected chi connectivity index (χ4v) is 3.86. The fraction of sp³-hybridized carbons (Fsp3) is 0.600. The first-order valence-corrected chi connectivity index (χ1v) is 7.41. The van der Waals surface area contributed by atoms with Gasteiger partial charge in [0.15, 0.2) is 0 Å². The molecule has 0 radical (unpaired) electrons. The summed E-state index contributed by atoms with van der Waals surface area (Å²) < 4.78 is 0. The molecule has 1 N–H and O–H groups in total. The molecule has 1 aliphatic rings. The lowest BCUT2D eigenvalue weighted by atomic mass is 9.90. The number of nitrogens with one attached hydrogen (secondary N) is 1. The van der Waals surface area contributed by atoms with Crippen LogP contribution in [0.1, 0.15) is 44.9 Å². The second-order valence-electron chi connectivity index (χ2n) is 5.47. The lowest BCUT2D eigenvalue weighted by Gasteiger charge is -2.38. The maximum atomic E-state index is 3.73. The summed E-state index contributed by atoms with van der Waals surface area (Å²) in [5.74, 6) is 0.678. The van der Waals surface area contributed by atoms with Gasteiger partial charge in [-0.25, -0.2) is 0 Å². The highest BCUT2D eigenvalue weighted by Crippen LogP contribution is 2.45. The molecule has 0 spiro atoms. The van der Waals surface area contributed by atoms with Gasteiger partial charge in [-0.05, 0) is 24.0 Å². The summed E-state index contributed by atoms with van der Waals surface area (Å²) >= 11 is 2.04. The number of fused-ring (bicyclic) bond motifs is 1. The Morgan fingerprint density at radius 1 is 1.24 bits per heavy atom. The number of rotatable bonds is 2. The molecule has 3 unspecified atom stereocenters. The van der Waals surface area contributed by atoms with Crippen LogP contribution in [0.4, 0.5) is 0 Å². The summed E-state index contributed by atoms with van der Waals surface area (Å²) in [6.07, 6.45) is 0. The van der Waals surface area contributed by atoms with Crippen molar-refractivity contribution in [2.75, 3.05) is 0 Å². The predicted octanol–water partition coefficient (Wildman–Crippen LogP) is 4.16. The van der Waals surface area contributed by atoms with Gasteiger partial charge >= 0.3 is 0 Å². The lowest BCUT2D eigenvalue weighted by molar-refractivity contribution is 0.347. The van der Waals surface area contributed by atoms with E-state index >= 15 is 0 Å². The Morgan fingerprint density at radius 2 is 1.94 bits per heavy atom. The summed E-state index contributed by atoms with van der Waals surface area (Å²) in [6.45, 7) is 11.4. The van der Waals surface area contributed by atoms with Crippen molar-refractivity contribution in [2.24, 2.45) is 5.92 Å². The zero-order chi connectivity index (χ0) is 12.6. The van der Waals surface area contributed by atoms with Crippen LogP contribution in [-0.2, 0) is 0 Å². The van der Waals surface area contributed by atoms with Crippen molar-refractivity contribution >= 4 is 11.8 Å². The lowest BCUT2D eigenvalue weighted by Crippen LogP contribution is -2.38. The van der Waals surface area contributed by atoms with Crippen molar-refractivity contribution in [1.82, 2.24) is 5.32 Å². The first-order chi connectivity index (χ1) is 8.00. The van der Waals surface area contributed by atoms with Gasteiger partial charge in [-0.2, -0.15) is 0 Å². The molecule has 1 heterocycles. The summed E-state index contributed by atoms with van der Waals surface area (Å²) in [6, 6.07) is 7.73. The highest BCUT2D eigenvalue weighted by atomic mass is 32.2. The van der Waals surface area contributed by atoms with E-state index in [9.17, 15) is 0 Å². The maximum Gasteiger partial charge on any atom is 0.0369 e. The zero-order valence-corrected chi connectivity index (χ0v) is 12.3. The molecule has 94 valence electrons. The highest BCUT2D eigenvalue weighted by molar-refractivity contribution is 8.00. The maximum absolute atomic E-state index is 3.73. The van der Waals surface area contributed by atoms with Crippen LogP contribution >= 0.6 is 11.8 Å². The highest BCUT2D eigenvalue weighted by Gasteiger charge is 2.32. The van der Waals surface area contributed by atoms with E-state index in [1.54, 1.807) is 0 Å². The Hall–Kier alpha value is -0.470. The largest absolute Gasteiger partial charge is 0.307 e. The minimum absolute atomic E-state index is 0.501. The summed E-state index contributed by atoms with van der Waals surface area (Å²) in [7, 11) is 0. The molecule has 2 heteroatoms. The fourth-order valence-electron chi connectivity index (χ4n) is 2.53. The van der Waals surface area contributed by atoms with Gasteiger partial charge in [0.2, 0.25) is 0 Å². The van der Waals surface area contributed by atoms with E-state index in [-0.39, 0.29) is 0 Å². The van der Waals surface area contributed by atoms with Crippen molar-refractivity contribution in [1.29, 1.82) is 0 Å². The second-order valence-corrected chi connectivity index (χ2v) is 6.86. The predicted molar refractivity (Wildman–Crippen MR) is 76.7 cm³/mol. The Kier molecular flexibility index (Phi) is 3.84. The van der Waals surface area contributed by atoms with E-state index < -0.39 is 0 Å². The number of aryl methyl sites for hydroxylation is 1. The molecule has 0 amide bonds. The molecule has 1 aromatic rings. The van der Waals surface area contributed by atoms with Crippen LogP contribution in [0, 0.1) is 12.8 Å². The van der Waals surface area contributed by atoms with E-state index in [1.165, 1.54) is 16.0 Å². The van der Waals surface area contributed by atoms with E-state index in [0.29, 0.717) is 23.3 Å². The van der Waals surface area contributed by atoms with E-state index in [4.69, 9.17) is 0 Å². The van der Waals surface area contributed by atoms with Gasteiger partial charge in [-0.15, -0.1) is 11.8 Å². The normalized spacial score (nSPS) is 28.2. The molecule has 0 aromatic heterocycles.